The maximum absolute atomic E-state index is 11.9. The van der Waals surface area contributed by atoms with Crippen molar-refractivity contribution in [3.05, 3.63) is 33.8 Å². The number of rotatable bonds is 3. The molecule has 0 radical (unpaired) electrons. The Morgan fingerprint density at radius 2 is 1.74 bits per heavy atom. The van der Waals surface area contributed by atoms with Crippen LogP contribution in [0.3, 0.4) is 0 Å². The average molecular weight is 347 g/mol. The van der Waals surface area contributed by atoms with Crippen LogP contribution in [0.25, 0.3) is 0 Å². The van der Waals surface area contributed by atoms with E-state index in [2.05, 4.69) is 5.32 Å². The Bertz CT molecular complexity index is 552. The summed E-state index contributed by atoms with van der Waals surface area (Å²) >= 11 is 11.8. The van der Waals surface area contributed by atoms with E-state index in [4.69, 9.17) is 23.2 Å². The van der Waals surface area contributed by atoms with Gasteiger partial charge in [0.1, 0.15) is 10.9 Å². The van der Waals surface area contributed by atoms with Crippen LogP contribution in [0.4, 0.5) is 0 Å². The number of sulfone groups is 1. The van der Waals surface area contributed by atoms with Gasteiger partial charge >= 0.3 is 0 Å². The fraction of sp³-hybridized carbons (Fsp3) is 0.455. The van der Waals surface area contributed by atoms with Gasteiger partial charge in [0.25, 0.3) is 0 Å². The molecule has 0 amide bonds. The van der Waals surface area contributed by atoms with Crippen LogP contribution in [0.15, 0.2) is 18.2 Å². The molecule has 108 valence electrons. The Balaban J connectivity index is 0.00000180. The lowest BCUT2D eigenvalue weighted by molar-refractivity contribution is -0.0139. The molecular weight excluding hydrogens is 333 g/mol. The van der Waals surface area contributed by atoms with E-state index in [-0.39, 0.29) is 25.5 Å². The molecule has 1 atom stereocenters. The highest BCUT2D eigenvalue weighted by Crippen LogP contribution is 2.37. The highest BCUT2D eigenvalue weighted by atomic mass is 35.5. The van der Waals surface area contributed by atoms with Gasteiger partial charge in [0.2, 0.25) is 0 Å². The molecular formula is C11H14Cl3NO3S. The number of hydrogen-bond donors (Lipinski definition) is 2. The lowest BCUT2D eigenvalue weighted by Crippen LogP contribution is -2.63. The Kier molecular flexibility index (Phi) is 5.15. The van der Waals surface area contributed by atoms with Crippen LogP contribution in [0.5, 0.6) is 0 Å². The number of halogens is 3. The van der Waals surface area contributed by atoms with Crippen LogP contribution in [0.1, 0.15) is 10.8 Å². The van der Waals surface area contributed by atoms with Gasteiger partial charge in [-0.1, -0.05) is 23.2 Å². The summed E-state index contributed by atoms with van der Waals surface area (Å²) in [7, 11) is -3.48. The molecule has 8 heteroatoms. The van der Waals surface area contributed by atoms with Gasteiger partial charge < -0.3 is 10.4 Å². The van der Waals surface area contributed by atoms with Gasteiger partial charge in [-0.05, 0) is 23.8 Å². The van der Waals surface area contributed by atoms with Crippen molar-refractivity contribution in [2.24, 2.45) is 0 Å². The molecule has 19 heavy (non-hydrogen) atoms. The second-order valence-corrected chi connectivity index (χ2v) is 7.62. The van der Waals surface area contributed by atoms with Gasteiger partial charge in [0.15, 0.2) is 9.84 Å². The van der Waals surface area contributed by atoms with Crippen LogP contribution < -0.4 is 5.32 Å². The van der Waals surface area contributed by atoms with Crippen molar-refractivity contribution in [2.75, 3.05) is 19.3 Å². The highest BCUT2D eigenvalue weighted by molar-refractivity contribution is 7.91. The summed E-state index contributed by atoms with van der Waals surface area (Å²) in [5.74, 6) is 0. The fourth-order valence-electron chi connectivity index (χ4n) is 2.25. The number of aliphatic hydroxyl groups is 1. The van der Waals surface area contributed by atoms with Crippen molar-refractivity contribution in [1.29, 1.82) is 0 Å². The third kappa shape index (κ3) is 3.54. The molecule has 1 heterocycles. The zero-order valence-electron chi connectivity index (χ0n) is 10.1. The lowest BCUT2D eigenvalue weighted by Gasteiger charge is -2.43. The number of β-amino-alcohol motifs (C(OH)–C–C–N with tert-alkyl or cyclic N) is 1. The highest BCUT2D eigenvalue weighted by Gasteiger charge is 2.48. The smallest absolute Gasteiger partial charge is 0.157 e. The third-order valence-corrected chi connectivity index (χ3v) is 4.97. The van der Waals surface area contributed by atoms with E-state index >= 15 is 0 Å². The van der Waals surface area contributed by atoms with Crippen molar-refractivity contribution in [2.45, 2.75) is 10.9 Å². The number of benzene rings is 1. The van der Waals surface area contributed by atoms with E-state index in [0.29, 0.717) is 15.6 Å². The lowest BCUT2D eigenvalue weighted by atomic mass is 9.88. The molecule has 1 unspecified atom stereocenters. The first kappa shape index (κ1) is 17.0. The van der Waals surface area contributed by atoms with Gasteiger partial charge in [-0.25, -0.2) is 8.42 Å². The minimum Gasteiger partial charge on any atom is -0.386 e. The standard InChI is InChI=1S/C11H13Cl2NO3S.ClH/c1-18(16,17)10(11(15)5-14-6-11)7-2-8(12)4-9(13)3-7;/h2-4,10,14-15H,5-6H2,1H3;1H. The summed E-state index contributed by atoms with van der Waals surface area (Å²) in [6.45, 7) is 0.462. The van der Waals surface area contributed by atoms with Gasteiger partial charge in [-0.3, -0.25) is 0 Å². The maximum atomic E-state index is 11.9. The molecule has 0 aliphatic carbocycles. The fourth-order valence-corrected chi connectivity index (χ4v) is 4.39. The van der Waals surface area contributed by atoms with Crippen molar-refractivity contribution in [3.63, 3.8) is 0 Å². The molecule has 1 aromatic rings. The summed E-state index contributed by atoms with van der Waals surface area (Å²) in [6, 6.07) is 4.57. The van der Waals surface area contributed by atoms with E-state index in [9.17, 15) is 13.5 Å². The van der Waals surface area contributed by atoms with Crippen LogP contribution in [-0.4, -0.2) is 38.5 Å². The number of hydrogen-bond acceptors (Lipinski definition) is 4. The monoisotopic (exact) mass is 345 g/mol. The minimum absolute atomic E-state index is 0. The quantitative estimate of drug-likeness (QED) is 0.876. The first-order valence-electron chi connectivity index (χ1n) is 5.30. The van der Waals surface area contributed by atoms with Crippen LogP contribution in [0.2, 0.25) is 10.0 Å². The SMILES string of the molecule is CS(=O)(=O)C(c1cc(Cl)cc(Cl)c1)C1(O)CNC1.Cl. The Hall–Kier alpha value is -0.0400. The molecule has 4 nitrogen and oxygen atoms in total. The normalized spacial score (nSPS) is 19.2. The molecule has 1 fully saturated rings. The molecule has 2 rings (SSSR count). The maximum Gasteiger partial charge on any atom is 0.157 e. The van der Waals surface area contributed by atoms with Crippen molar-refractivity contribution < 1.29 is 13.5 Å². The molecule has 1 saturated heterocycles. The summed E-state index contributed by atoms with van der Waals surface area (Å²) in [5.41, 5.74) is -0.888. The van der Waals surface area contributed by atoms with E-state index in [1.807, 2.05) is 0 Å². The first-order chi connectivity index (χ1) is 8.22. The van der Waals surface area contributed by atoms with Gasteiger partial charge in [-0.15, -0.1) is 12.4 Å². The minimum atomic E-state index is -3.48. The summed E-state index contributed by atoms with van der Waals surface area (Å²) < 4.78 is 23.8. The van der Waals surface area contributed by atoms with Crippen LogP contribution in [-0.2, 0) is 9.84 Å². The molecule has 0 saturated carbocycles. The van der Waals surface area contributed by atoms with E-state index in [1.54, 1.807) is 0 Å². The van der Waals surface area contributed by atoms with Crippen LogP contribution >= 0.6 is 35.6 Å². The zero-order chi connectivity index (χ0) is 13.6. The molecule has 0 bridgehead atoms. The van der Waals surface area contributed by atoms with Crippen LogP contribution in [0, 0.1) is 0 Å². The summed E-state index contributed by atoms with van der Waals surface area (Å²) in [6.07, 6.45) is 1.10. The second kappa shape index (κ2) is 5.76. The average Bonchev–Trinajstić information content (AvgIpc) is 2.11. The summed E-state index contributed by atoms with van der Waals surface area (Å²) in [5, 5.41) is 12.9. The van der Waals surface area contributed by atoms with Gasteiger partial charge in [0.05, 0.1) is 0 Å². The molecule has 0 aromatic heterocycles. The number of nitrogens with one attached hydrogen (secondary N) is 1. The predicted molar refractivity (Wildman–Crippen MR) is 79.1 cm³/mol. The van der Waals surface area contributed by atoms with Gasteiger partial charge in [-0.2, -0.15) is 0 Å². The Labute approximate surface area is 128 Å². The summed E-state index contributed by atoms with van der Waals surface area (Å²) in [4.78, 5) is 0. The first-order valence-corrected chi connectivity index (χ1v) is 8.01. The van der Waals surface area contributed by atoms with Gasteiger partial charge in [0, 0.05) is 29.4 Å². The topological polar surface area (TPSA) is 66.4 Å². The zero-order valence-corrected chi connectivity index (χ0v) is 13.2. The van der Waals surface area contributed by atoms with E-state index in [0.717, 1.165) is 6.26 Å². The van der Waals surface area contributed by atoms with Crippen molar-refractivity contribution in [1.82, 2.24) is 5.32 Å². The molecule has 0 spiro atoms. The Morgan fingerprint density at radius 1 is 1.26 bits per heavy atom. The van der Waals surface area contributed by atoms with Crippen molar-refractivity contribution in [3.8, 4) is 0 Å². The molecule has 2 N–H and O–H groups in total. The Morgan fingerprint density at radius 3 is 2.05 bits per heavy atom. The molecule has 1 aromatic carbocycles. The van der Waals surface area contributed by atoms with E-state index in [1.165, 1.54) is 18.2 Å². The molecule has 1 aliphatic rings. The predicted octanol–water partition coefficient (Wildman–Crippen LogP) is 1.84. The second-order valence-electron chi connectivity index (χ2n) is 4.62. The van der Waals surface area contributed by atoms with Crippen molar-refractivity contribution >= 4 is 45.4 Å². The third-order valence-electron chi connectivity index (χ3n) is 2.97. The largest absolute Gasteiger partial charge is 0.386 e. The van der Waals surface area contributed by atoms with E-state index < -0.39 is 20.7 Å². The molecule has 1 aliphatic heterocycles.